The number of halogens is 2. The number of phenols is 1. The number of para-hydroxylation sites is 1. The Labute approximate surface area is 261 Å². The fourth-order valence-corrected chi connectivity index (χ4v) is 5.86. The molecule has 0 aliphatic heterocycles. The molecule has 3 aromatic carbocycles. The van der Waals surface area contributed by atoms with Gasteiger partial charge < -0.3 is 10.4 Å². The second-order valence-corrected chi connectivity index (χ2v) is 14.0. The van der Waals surface area contributed by atoms with Crippen LogP contribution in [0, 0.1) is 0 Å². The van der Waals surface area contributed by atoms with Gasteiger partial charge in [-0.25, -0.2) is 4.98 Å². The van der Waals surface area contributed by atoms with Gasteiger partial charge >= 0.3 is 0 Å². The molecule has 0 saturated heterocycles. The van der Waals surface area contributed by atoms with Gasteiger partial charge in [0.25, 0.3) is 0 Å². The number of nitrogens with zero attached hydrogens (tertiary/aromatic N) is 1. The van der Waals surface area contributed by atoms with E-state index in [1.807, 2.05) is 24.3 Å². The third-order valence-corrected chi connectivity index (χ3v) is 8.58. The molecule has 1 aliphatic rings. The summed E-state index contributed by atoms with van der Waals surface area (Å²) in [5.74, 6) is -1.78. The van der Waals surface area contributed by atoms with Crippen molar-refractivity contribution in [3.05, 3.63) is 98.2 Å². The molecule has 0 unspecified atom stereocenters. The molecule has 1 aromatic heterocycles. The summed E-state index contributed by atoms with van der Waals surface area (Å²) in [6.07, 6.45) is 0.695. The Morgan fingerprint density at radius 2 is 1.42 bits per heavy atom. The van der Waals surface area contributed by atoms with Crippen LogP contribution < -0.4 is 5.32 Å². The van der Waals surface area contributed by atoms with Crippen molar-refractivity contribution in [2.45, 2.75) is 71.1 Å². The lowest BCUT2D eigenvalue weighted by atomic mass is 9.78. The molecule has 0 atom stereocenters. The van der Waals surface area contributed by atoms with Crippen LogP contribution in [0.4, 0.5) is 5.69 Å². The summed E-state index contributed by atoms with van der Waals surface area (Å²) in [6, 6.07) is 15.7. The van der Waals surface area contributed by atoms with Crippen LogP contribution in [-0.4, -0.2) is 27.6 Å². The van der Waals surface area contributed by atoms with Gasteiger partial charge in [-0.1, -0.05) is 95.1 Å². The van der Waals surface area contributed by atoms with Gasteiger partial charge in [-0.2, -0.15) is 0 Å². The molecule has 6 nitrogen and oxygen atoms in total. The first-order valence-electron chi connectivity index (χ1n) is 14.2. The Kier molecular flexibility index (Phi) is 7.91. The molecule has 5 rings (SSSR count). The first-order chi connectivity index (χ1) is 20.1. The van der Waals surface area contributed by atoms with E-state index in [1.54, 1.807) is 18.2 Å². The number of fused-ring (bicyclic) bond motifs is 2. The Hall–Kier alpha value is -3.74. The number of amides is 1. The van der Waals surface area contributed by atoms with E-state index >= 15 is 0 Å². The first-order valence-corrected chi connectivity index (χ1v) is 15.0. The zero-order chi connectivity index (χ0) is 31.4. The fraction of sp³-hybridized carbons (Fsp3) is 0.314. The van der Waals surface area contributed by atoms with E-state index in [0.29, 0.717) is 29.1 Å². The number of aryl methyl sites for hydroxylation is 1. The monoisotopic (exact) mass is 616 g/mol. The number of aromatic hydroxyl groups is 1. The van der Waals surface area contributed by atoms with Crippen molar-refractivity contribution in [2.75, 3.05) is 5.32 Å². The number of pyridine rings is 1. The maximum atomic E-state index is 13.2. The van der Waals surface area contributed by atoms with Crippen molar-refractivity contribution in [3.63, 3.8) is 0 Å². The number of carbonyl (C=O) groups excluding carboxylic acids is 3. The van der Waals surface area contributed by atoms with Gasteiger partial charge in [-0.3, -0.25) is 14.4 Å². The average molecular weight is 618 g/mol. The number of hydrogen-bond donors (Lipinski definition) is 2. The molecule has 0 bridgehead atoms. The maximum absolute atomic E-state index is 13.2. The highest BCUT2D eigenvalue weighted by Crippen LogP contribution is 2.41. The topological polar surface area (TPSA) is 96.4 Å². The smallest absolute Gasteiger partial charge is 0.224 e. The molecule has 0 radical (unpaired) electrons. The van der Waals surface area contributed by atoms with Crippen LogP contribution in [0.5, 0.6) is 5.75 Å². The molecular weight excluding hydrogens is 583 g/mol. The highest BCUT2D eigenvalue weighted by atomic mass is 35.5. The summed E-state index contributed by atoms with van der Waals surface area (Å²) >= 11 is 12.2. The number of aromatic nitrogens is 1. The lowest BCUT2D eigenvalue weighted by Crippen LogP contribution is -2.18. The molecule has 1 aliphatic carbocycles. The highest BCUT2D eigenvalue weighted by Gasteiger charge is 2.41. The molecular formula is C35H34Cl2N2O4. The third kappa shape index (κ3) is 5.91. The van der Waals surface area contributed by atoms with Crippen molar-refractivity contribution in [1.82, 2.24) is 4.98 Å². The van der Waals surface area contributed by atoms with E-state index in [1.165, 1.54) is 12.1 Å². The minimum absolute atomic E-state index is 0.202. The third-order valence-electron chi connectivity index (χ3n) is 7.85. The average Bonchev–Trinajstić information content (AvgIpc) is 3.15. The largest absolute Gasteiger partial charge is 0.507 e. The van der Waals surface area contributed by atoms with Crippen molar-refractivity contribution < 1.29 is 19.5 Å². The number of hydrogen-bond acceptors (Lipinski definition) is 5. The van der Waals surface area contributed by atoms with Gasteiger partial charge in [-0.05, 0) is 58.2 Å². The lowest BCUT2D eigenvalue weighted by Gasteiger charge is -2.28. The molecule has 0 fully saturated rings. The molecule has 0 saturated carbocycles. The highest BCUT2D eigenvalue weighted by molar-refractivity contribution is 6.43. The Morgan fingerprint density at radius 1 is 0.860 bits per heavy atom. The first kappa shape index (κ1) is 30.7. The summed E-state index contributed by atoms with van der Waals surface area (Å²) < 4.78 is 0. The van der Waals surface area contributed by atoms with Crippen molar-refractivity contribution in [1.29, 1.82) is 0 Å². The molecule has 0 spiro atoms. The van der Waals surface area contributed by atoms with Gasteiger partial charge in [-0.15, -0.1) is 0 Å². The second-order valence-electron chi connectivity index (χ2n) is 13.2. The van der Waals surface area contributed by atoms with Crippen LogP contribution in [-0.2, 0) is 22.0 Å². The van der Waals surface area contributed by atoms with E-state index in [0.717, 1.165) is 22.1 Å². The number of carbonyl (C=O) groups is 3. The maximum Gasteiger partial charge on any atom is 0.224 e. The molecule has 1 heterocycles. The van der Waals surface area contributed by atoms with E-state index in [-0.39, 0.29) is 55.9 Å². The summed E-state index contributed by atoms with van der Waals surface area (Å²) in [5, 5.41) is 15.2. The summed E-state index contributed by atoms with van der Waals surface area (Å²) in [5.41, 5.74) is 3.86. The molecule has 2 N–H and O–H groups in total. The Bertz CT molecular complexity index is 1740. The SMILES string of the molecule is CC(C)(C)c1cc(CCC(=O)Nc2cccc3ccc(C4C(=O)c5cc(Cl)c(Cl)cc5C4=O)nc23)cc(C(C)(C)C)c1O. The Morgan fingerprint density at radius 3 is 1.95 bits per heavy atom. The molecule has 222 valence electrons. The van der Waals surface area contributed by atoms with Crippen LogP contribution in [0.1, 0.15) is 97.0 Å². The second kappa shape index (κ2) is 11.1. The van der Waals surface area contributed by atoms with Gasteiger partial charge in [0.2, 0.25) is 5.91 Å². The number of ketones is 2. The quantitative estimate of drug-likeness (QED) is 0.219. The number of benzene rings is 3. The van der Waals surface area contributed by atoms with Crippen molar-refractivity contribution in [2.24, 2.45) is 0 Å². The molecule has 8 heteroatoms. The van der Waals surface area contributed by atoms with Gasteiger partial charge in [0.1, 0.15) is 11.7 Å². The van der Waals surface area contributed by atoms with E-state index < -0.39 is 5.92 Å². The fourth-order valence-electron chi connectivity index (χ4n) is 5.53. The minimum atomic E-state index is -1.11. The number of phenolic OH excluding ortho intramolecular Hbond substituents is 1. The summed E-state index contributed by atoms with van der Waals surface area (Å²) in [6.45, 7) is 12.3. The van der Waals surface area contributed by atoms with Crippen LogP contribution in [0.2, 0.25) is 10.0 Å². The number of anilines is 1. The predicted octanol–water partition coefficient (Wildman–Crippen LogP) is 8.58. The number of rotatable bonds is 5. The normalized spacial score (nSPS) is 14.0. The van der Waals surface area contributed by atoms with E-state index in [4.69, 9.17) is 28.2 Å². The van der Waals surface area contributed by atoms with Crippen molar-refractivity contribution in [3.8, 4) is 5.75 Å². The lowest BCUT2D eigenvalue weighted by molar-refractivity contribution is -0.116. The van der Waals surface area contributed by atoms with Crippen LogP contribution in [0.3, 0.4) is 0 Å². The standard InChI is InChI=1S/C35H34Cl2N2O4/c1-34(2,3)22-14-18(15-23(33(22)43)35(4,5)6)10-13-28(40)38-27-9-7-8-19-11-12-26(39-30(19)27)29-31(41)20-16-24(36)25(37)17-21(20)32(29)42/h7-9,11-12,14-17,29,43H,10,13H2,1-6H3,(H,38,40). The molecule has 1 amide bonds. The van der Waals surface area contributed by atoms with E-state index in [2.05, 4.69) is 46.9 Å². The predicted molar refractivity (Wildman–Crippen MR) is 172 cm³/mol. The zero-order valence-electron chi connectivity index (χ0n) is 25.1. The van der Waals surface area contributed by atoms with Crippen LogP contribution >= 0.6 is 23.2 Å². The summed E-state index contributed by atoms with van der Waals surface area (Å²) in [7, 11) is 0. The van der Waals surface area contributed by atoms with Crippen LogP contribution in [0.15, 0.2) is 54.6 Å². The van der Waals surface area contributed by atoms with Crippen molar-refractivity contribution >= 4 is 57.3 Å². The minimum Gasteiger partial charge on any atom is -0.507 e. The van der Waals surface area contributed by atoms with Gasteiger partial charge in [0, 0.05) is 22.9 Å². The van der Waals surface area contributed by atoms with Gasteiger partial charge in [0.05, 0.1) is 26.9 Å². The number of nitrogens with one attached hydrogen (secondary N) is 1. The molecule has 43 heavy (non-hydrogen) atoms. The number of Topliss-reactive ketones (excluding diaryl/α,β-unsaturated/α-hetero) is 2. The summed E-state index contributed by atoms with van der Waals surface area (Å²) in [4.78, 5) is 44.4. The van der Waals surface area contributed by atoms with Gasteiger partial charge in [0.15, 0.2) is 11.6 Å². The zero-order valence-corrected chi connectivity index (χ0v) is 26.6. The molecule has 4 aromatic rings. The van der Waals surface area contributed by atoms with Crippen LogP contribution in [0.25, 0.3) is 10.9 Å². The Balaban J connectivity index is 1.40. The van der Waals surface area contributed by atoms with E-state index in [9.17, 15) is 19.5 Å².